The van der Waals surface area contributed by atoms with Crippen molar-refractivity contribution >= 4 is 17.6 Å². The van der Waals surface area contributed by atoms with E-state index in [1.807, 2.05) is 26.8 Å². The summed E-state index contributed by atoms with van der Waals surface area (Å²) in [5, 5.41) is 9.52. The van der Waals surface area contributed by atoms with Gasteiger partial charge in [0, 0.05) is 64.1 Å². The summed E-state index contributed by atoms with van der Waals surface area (Å²) in [4.78, 5) is 25.6. The lowest BCUT2D eigenvalue weighted by atomic mass is 10.1. The standard InChI is InChI=1S/C22H32N6O3/c1-22(2,3)31-21(29)28-10-6-25(7-11-28)18-12-17(14-23)24-20(13-18)27-8-4-26(5-9-27)19-15-30-16-19/h12-13,19H,4-11,15-16H2,1-3H3. The van der Waals surface area contributed by atoms with Gasteiger partial charge in [-0.3, -0.25) is 4.90 Å². The molecule has 168 valence electrons. The summed E-state index contributed by atoms with van der Waals surface area (Å²) in [7, 11) is 0. The molecule has 0 bridgehead atoms. The molecule has 9 nitrogen and oxygen atoms in total. The zero-order chi connectivity index (χ0) is 22.0. The van der Waals surface area contributed by atoms with Crippen LogP contribution in [0.15, 0.2) is 12.1 Å². The lowest BCUT2D eigenvalue weighted by Gasteiger charge is -2.43. The van der Waals surface area contributed by atoms with E-state index in [-0.39, 0.29) is 6.09 Å². The van der Waals surface area contributed by atoms with Crippen LogP contribution >= 0.6 is 0 Å². The van der Waals surface area contributed by atoms with E-state index in [1.54, 1.807) is 4.90 Å². The zero-order valence-corrected chi connectivity index (χ0v) is 18.7. The second kappa shape index (κ2) is 8.89. The van der Waals surface area contributed by atoms with Crippen molar-refractivity contribution < 1.29 is 14.3 Å². The second-order valence-corrected chi connectivity index (χ2v) is 9.35. The van der Waals surface area contributed by atoms with Crippen LogP contribution in [0.4, 0.5) is 16.3 Å². The molecule has 3 aliphatic rings. The maximum absolute atomic E-state index is 12.3. The van der Waals surface area contributed by atoms with Gasteiger partial charge in [-0.2, -0.15) is 5.26 Å². The van der Waals surface area contributed by atoms with Gasteiger partial charge in [-0.15, -0.1) is 0 Å². The molecule has 0 saturated carbocycles. The van der Waals surface area contributed by atoms with Crippen LogP contribution in [0, 0.1) is 11.3 Å². The Hall–Kier alpha value is -2.57. The highest BCUT2D eigenvalue weighted by Gasteiger charge is 2.30. The highest BCUT2D eigenvalue weighted by atomic mass is 16.6. The second-order valence-electron chi connectivity index (χ2n) is 9.35. The predicted octanol–water partition coefficient (Wildman–Crippen LogP) is 1.53. The SMILES string of the molecule is CC(C)(C)OC(=O)N1CCN(c2cc(C#N)nc(N3CCN(C4COC4)CC3)c2)CC1. The fourth-order valence-electron chi connectivity index (χ4n) is 4.13. The average Bonchev–Trinajstić information content (AvgIpc) is 2.71. The molecule has 4 heterocycles. The van der Waals surface area contributed by atoms with Gasteiger partial charge in [-0.1, -0.05) is 0 Å². The van der Waals surface area contributed by atoms with E-state index in [0.717, 1.165) is 50.9 Å². The van der Waals surface area contributed by atoms with E-state index in [4.69, 9.17) is 9.47 Å². The van der Waals surface area contributed by atoms with Crippen LogP contribution in [-0.2, 0) is 9.47 Å². The molecule has 3 saturated heterocycles. The first-order valence-electron chi connectivity index (χ1n) is 11.0. The molecule has 0 aromatic carbocycles. The number of anilines is 2. The predicted molar refractivity (Wildman–Crippen MR) is 117 cm³/mol. The molecule has 1 aromatic heterocycles. The van der Waals surface area contributed by atoms with Crippen molar-refractivity contribution in [3.05, 3.63) is 17.8 Å². The molecule has 0 unspecified atom stereocenters. The molecule has 0 atom stereocenters. The molecule has 0 spiro atoms. The summed E-state index contributed by atoms with van der Waals surface area (Å²) in [6.07, 6.45) is -0.269. The number of nitriles is 1. The Balaban J connectivity index is 1.39. The number of pyridine rings is 1. The minimum atomic E-state index is -0.494. The van der Waals surface area contributed by atoms with Crippen molar-refractivity contribution in [3.8, 4) is 6.07 Å². The van der Waals surface area contributed by atoms with Crippen molar-refractivity contribution in [2.24, 2.45) is 0 Å². The van der Waals surface area contributed by atoms with Gasteiger partial charge in [0.25, 0.3) is 0 Å². The molecule has 9 heteroatoms. The van der Waals surface area contributed by atoms with E-state index in [9.17, 15) is 10.1 Å². The molecule has 3 aliphatic heterocycles. The summed E-state index contributed by atoms with van der Waals surface area (Å²) in [5.41, 5.74) is 0.920. The Morgan fingerprint density at radius 1 is 1.06 bits per heavy atom. The number of amides is 1. The number of aromatic nitrogens is 1. The number of nitrogens with zero attached hydrogens (tertiary/aromatic N) is 6. The van der Waals surface area contributed by atoms with Gasteiger partial charge in [0.2, 0.25) is 0 Å². The van der Waals surface area contributed by atoms with Crippen molar-refractivity contribution in [3.63, 3.8) is 0 Å². The zero-order valence-electron chi connectivity index (χ0n) is 18.7. The van der Waals surface area contributed by atoms with Crippen molar-refractivity contribution in [2.75, 3.05) is 75.4 Å². The quantitative estimate of drug-likeness (QED) is 0.717. The van der Waals surface area contributed by atoms with Crippen molar-refractivity contribution in [1.82, 2.24) is 14.8 Å². The van der Waals surface area contributed by atoms with E-state index in [2.05, 4.69) is 31.8 Å². The van der Waals surface area contributed by atoms with Crippen LogP contribution < -0.4 is 9.80 Å². The first-order valence-corrected chi connectivity index (χ1v) is 11.0. The van der Waals surface area contributed by atoms with Gasteiger partial charge in [-0.05, 0) is 26.8 Å². The van der Waals surface area contributed by atoms with E-state index < -0.39 is 5.60 Å². The summed E-state index contributed by atoms with van der Waals surface area (Å²) in [6.45, 7) is 13.6. The Bertz CT molecular complexity index is 829. The van der Waals surface area contributed by atoms with Crippen LogP contribution in [0.3, 0.4) is 0 Å². The van der Waals surface area contributed by atoms with Crippen molar-refractivity contribution in [2.45, 2.75) is 32.4 Å². The van der Waals surface area contributed by atoms with E-state index in [0.29, 0.717) is 37.9 Å². The van der Waals surface area contributed by atoms with Crippen LogP contribution in [0.5, 0.6) is 0 Å². The molecule has 1 aromatic rings. The van der Waals surface area contributed by atoms with Crippen LogP contribution in [0.2, 0.25) is 0 Å². The molecule has 4 rings (SSSR count). The summed E-state index contributed by atoms with van der Waals surface area (Å²) in [6, 6.07) is 6.68. The lowest BCUT2D eigenvalue weighted by Crippen LogP contribution is -2.56. The highest BCUT2D eigenvalue weighted by molar-refractivity contribution is 5.69. The monoisotopic (exact) mass is 428 g/mol. The summed E-state index contributed by atoms with van der Waals surface area (Å²) >= 11 is 0. The Morgan fingerprint density at radius 2 is 1.71 bits per heavy atom. The van der Waals surface area contributed by atoms with Gasteiger partial charge < -0.3 is 24.2 Å². The molecule has 1 amide bonds. The maximum atomic E-state index is 12.3. The Morgan fingerprint density at radius 3 is 2.26 bits per heavy atom. The number of hydrogen-bond donors (Lipinski definition) is 0. The first-order chi connectivity index (χ1) is 14.8. The minimum absolute atomic E-state index is 0.269. The molecule has 3 fully saturated rings. The Labute approximate surface area is 184 Å². The molecular formula is C22H32N6O3. The van der Waals surface area contributed by atoms with Gasteiger partial charge in [-0.25, -0.2) is 9.78 Å². The maximum Gasteiger partial charge on any atom is 0.410 e. The molecule has 0 aliphatic carbocycles. The largest absolute Gasteiger partial charge is 0.444 e. The van der Waals surface area contributed by atoms with Crippen LogP contribution in [0.1, 0.15) is 26.5 Å². The number of carbonyl (C=O) groups is 1. The number of ether oxygens (including phenoxy) is 2. The molecule has 0 N–H and O–H groups in total. The fourth-order valence-corrected chi connectivity index (χ4v) is 4.13. The van der Waals surface area contributed by atoms with Gasteiger partial charge >= 0.3 is 6.09 Å². The number of piperazine rings is 2. The summed E-state index contributed by atoms with van der Waals surface area (Å²) in [5.74, 6) is 0.855. The number of hydrogen-bond acceptors (Lipinski definition) is 8. The average molecular weight is 429 g/mol. The Kier molecular flexibility index (Phi) is 6.21. The van der Waals surface area contributed by atoms with Gasteiger partial charge in [0.15, 0.2) is 0 Å². The third-order valence-corrected chi connectivity index (χ3v) is 5.98. The third-order valence-electron chi connectivity index (χ3n) is 5.98. The minimum Gasteiger partial charge on any atom is -0.444 e. The number of carbonyl (C=O) groups excluding carboxylic acids is 1. The van der Waals surface area contributed by atoms with Crippen LogP contribution in [-0.4, -0.2) is 98.1 Å². The third kappa shape index (κ3) is 5.20. The van der Waals surface area contributed by atoms with E-state index in [1.165, 1.54) is 0 Å². The summed E-state index contributed by atoms with van der Waals surface area (Å²) < 4.78 is 10.8. The first kappa shape index (κ1) is 21.7. The smallest absolute Gasteiger partial charge is 0.410 e. The van der Waals surface area contributed by atoms with Crippen LogP contribution in [0.25, 0.3) is 0 Å². The fraction of sp³-hybridized carbons (Fsp3) is 0.682. The molecular weight excluding hydrogens is 396 g/mol. The lowest BCUT2D eigenvalue weighted by molar-refractivity contribution is -0.0661. The van der Waals surface area contributed by atoms with Gasteiger partial charge in [0.05, 0.1) is 19.3 Å². The topological polar surface area (TPSA) is 85.2 Å². The molecule has 0 radical (unpaired) electrons. The normalized spacial score (nSPS) is 20.9. The highest BCUT2D eigenvalue weighted by Crippen LogP contribution is 2.25. The van der Waals surface area contributed by atoms with Crippen molar-refractivity contribution in [1.29, 1.82) is 5.26 Å². The van der Waals surface area contributed by atoms with Gasteiger partial charge in [0.1, 0.15) is 23.2 Å². The number of rotatable bonds is 3. The molecule has 31 heavy (non-hydrogen) atoms. The van der Waals surface area contributed by atoms with E-state index >= 15 is 0 Å².